The number of fused-ring (bicyclic) bond motifs is 2. The smallest absolute Gasteiger partial charge is 0.0594 e. The predicted octanol–water partition coefficient (Wildman–Crippen LogP) is 0.0620. The summed E-state index contributed by atoms with van der Waals surface area (Å²) in [7, 11) is 1.78. The van der Waals surface area contributed by atoms with Gasteiger partial charge in [0.05, 0.1) is 26.4 Å². The van der Waals surface area contributed by atoms with Gasteiger partial charge in [-0.05, 0) is 13.3 Å². The van der Waals surface area contributed by atoms with E-state index in [9.17, 15) is 0 Å². The van der Waals surface area contributed by atoms with Crippen LogP contribution in [0.4, 0.5) is 0 Å². The highest BCUT2D eigenvalue weighted by Gasteiger charge is 2.42. The molecular weight excluding hydrogens is 344 g/mol. The summed E-state index contributed by atoms with van der Waals surface area (Å²) in [5, 5.41) is 0. The van der Waals surface area contributed by atoms with Crippen LogP contribution in [0.15, 0.2) is 0 Å². The van der Waals surface area contributed by atoms with Crippen LogP contribution in [0, 0.1) is 0 Å². The van der Waals surface area contributed by atoms with E-state index in [1.165, 1.54) is 19.5 Å². The molecule has 0 aromatic rings. The Labute approximate surface area is 165 Å². The predicted molar refractivity (Wildman–Crippen MR) is 107 cm³/mol. The normalized spacial score (nSPS) is 27.8. The van der Waals surface area contributed by atoms with E-state index >= 15 is 0 Å². The average molecular weight is 385 g/mol. The fraction of sp³-hybridized carbons (Fsp3) is 1.00. The Morgan fingerprint density at radius 1 is 0.704 bits per heavy atom. The van der Waals surface area contributed by atoms with Gasteiger partial charge in [0.1, 0.15) is 0 Å². The molecule has 0 aromatic heterocycles. The molecule has 0 N–H and O–H groups in total. The minimum Gasteiger partial charge on any atom is -0.383 e. The van der Waals surface area contributed by atoms with Crippen molar-refractivity contribution in [2.24, 2.45) is 0 Å². The van der Waals surface area contributed by atoms with Crippen LogP contribution in [0.1, 0.15) is 13.3 Å². The van der Waals surface area contributed by atoms with E-state index in [0.717, 1.165) is 97.5 Å². The second-order valence-corrected chi connectivity index (χ2v) is 8.02. The first kappa shape index (κ1) is 21.4. The van der Waals surface area contributed by atoms with Crippen molar-refractivity contribution in [3.8, 4) is 0 Å². The molecule has 0 radical (unpaired) electrons. The lowest BCUT2D eigenvalue weighted by Crippen LogP contribution is -2.48. The van der Waals surface area contributed by atoms with Crippen molar-refractivity contribution < 1.29 is 14.2 Å². The molecule has 2 atom stereocenters. The molecule has 3 aliphatic rings. The lowest BCUT2D eigenvalue weighted by molar-refractivity contribution is 0.0423. The van der Waals surface area contributed by atoms with Crippen molar-refractivity contribution in [2.75, 3.05) is 106 Å². The molecule has 27 heavy (non-hydrogen) atoms. The van der Waals surface area contributed by atoms with Gasteiger partial charge < -0.3 is 14.2 Å². The highest BCUT2D eigenvalue weighted by atomic mass is 16.5. The van der Waals surface area contributed by atoms with Gasteiger partial charge in [0.2, 0.25) is 0 Å². The number of ether oxygens (including phenoxy) is 3. The first-order chi connectivity index (χ1) is 13.3. The zero-order chi connectivity index (χ0) is 18.9. The maximum Gasteiger partial charge on any atom is 0.0594 e. The Kier molecular flexibility index (Phi) is 9.25. The van der Waals surface area contributed by atoms with Crippen LogP contribution in [0.2, 0.25) is 0 Å². The van der Waals surface area contributed by atoms with Crippen molar-refractivity contribution in [2.45, 2.75) is 25.4 Å². The zero-order valence-corrected chi connectivity index (χ0v) is 17.5. The molecular formula is C20H40N4O3. The molecule has 158 valence electrons. The Morgan fingerprint density at radius 3 is 1.74 bits per heavy atom. The molecule has 3 aliphatic heterocycles. The van der Waals surface area contributed by atoms with Crippen LogP contribution in [-0.2, 0) is 14.2 Å². The van der Waals surface area contributed by atoms with Crippen molar-refractivity contribution >= 4 is 0 Å². The van der Waals surface area contributed by atoms with E-state index in [4.69, 9.17) is 14.2 Å². The highest BCUT2D eigenvalue weighted by Crippen LogP contribution is 2.29. The van der Waals surface area contributed by atoms with Crippen LogP contribution in [0.5, 0.6) is 0 Å². The van der Waals surface area contributed by atoms with Crippen LogP contribution in [-0.4, -0.2) is 137 Å². The van der Waals surface area contributed by atoms with Crippen LogP contribution in [0.3, 0.4) is 0 Å². The van der Waals surface area contributed by atoms with Gasteiger partial charge in [-0.2, -0.15) is 0 Å². The molecule has 3 heterocycles. The van der Waals surface area contributed by atoms with Crippen molar-refractivity contribution in [3.63, 3.8) is 0 Å². The number of hydrogen-bond donors (Lipinski definition) is 0. The minimum atomic E-state index is 0.736. The van der Waals surface area contributed by atoms with Gasteiger partial charge in [-0.25, -0.2) is 0 Å². The van der Waals surface area contributed by atoms with Crippen LogP contribution < -0.4 is 0 Å². The maximum absolute atomic E-state index is 5.95. The second kappa shape index (κ2) is 11.7. The summed E-state index contributed by atoms with van der Waals surface area (Å²) in [6, 6.07) is 1.48. The molecule has 1 unspecified atom stereocenters. The number of rotatable bonds is 13. The summed E-state index contributed by atoms with van der Waals surface area (Å²) >= 11 is 0. The van der Waals surface area contributed by atoms with Gasteiger partial charge in [-0.15, -0.1) is 0 Å². The molecule has 3 rings (SSSR count). The molecule has 0 aromatic carbocycles. The summed E-state index contributed by atoms with van der Waals surface area (Å²) < 4.78 is 16.6. The molecule has 0 aliphatic carbocycles. The largest absolute Gasteiger partial charge is 0.383 e. The SMILES string of the molecule is CCOCCN1C[C@@H]2CC1CN2CCOCCN1CCN(CCOC)CC1. The van der Waals surface area contributed by atoms with Crippen molar-refractivity contribution in [3.05, 3.63) is 0 Å². The van der Waals surface area contributed by atoms with Crippen molar-refractivity contribution in [1.29, 1.82) is 0 Å². The number of piperazine rings is 2. The zero-order valence-electron chi connectivity index (χ0n) is 17.5. The third kappa shape index (κ3) is 6.63. The summed E-state index contributed by atoms with van der Waals surface area (Å²) in [6.07, 6.45) is 1.33. The molecule has 0 spiro atoms. The summed E-state index contributed by atoms with van der Waals surface area (Å²) in [5.74, 6) is 0. The standard InChI is InChI=1S/C20H40N4O3/c1-3-26-14-10-23-17-20-16-19(23)18-24(20)11-15-27-13-9-22-6-4-21(5-7-22)8-12-25-2/h19-20H,3-18H2,1-2H3/t19?,20-/m0/s1. The second-order valence-electron chi connectivity index (χ2n) is 8.02. The number of hydrogen-bond acceptors (Lipinski definition) is 7. The van der Waals surface area contributed by atoms with Gasteiger partial charge in [0.25, 0.3) is 0 Å². The van der Waals surface area contributed by atoms with E-state index in [-0.39, 0.29) is 0 Å². The Balaban J connectivity index is 1.18. The van der Waals surface area contributed by atoms with Gasteiger partial charge in [0, 0.05) is 91.2 Å². The molecule has 2 bridgehead atoms. The van der Waals surface area contributed by atoms with E-state index in [2.05, 4.69) is 26.5 Å². The van der Waals surface area contributed by atoms with Gasteiger partial charge in [-0.3, -0.25) is 19.6 Å². The van der Waals surface area contributed by atoms with Gasteiger partial charge >= 0.3 is 0 Å². The fourth-order valence-corrected chi connectivity index (χ4v) is 4.64. The lowest BCUT2D eigenvalue weighted by atomic mass is 10.2. The molecule has 3 fully saturated rings. The maximum atomic E-state index is 5.95. The Hall–Kier alpha value is -0.280. The topological polar surface area (TPSA) is 40.7 Å². The van der Waals surface area contributed by atoms with Crippen molar-refractivity contribution in [1.82, 2.24) is 19.6 Å². The molecule has 0 amide bonds. The first-order valence-corrected chi connectivity index (χ1v) is 10.9. The Bertz CT molecular complexity index is 407. The third-order valence-corrected chi connectivity index (χ3v) is 6.35. The third-order valence-electron chi connectivity index (χ3n) is 6.35. The van der Waals surface area contributed by atoms with E-state index < -0.39 is 0 Å². The van der Waals surface area contributed by atoms with Gasteiger partial charge in [0.15, 0.2) is 0 Å². The number of methoxy groups -OCH3 is 1. The van der Waals surface area contributed by atoms with Crippen LogP contribution in [0.25, 0.3) is 0 Å². The van der Waals surface area contributed by atoms with Gasteiger partial charge in [-0.1, -0.05) is 0 Å². The van der Waals surface area contributed by atoms with Crippen LogP contribution >= 0.6 is 0 Å². The molecule has 0 saturated carbocycles. The minimum absolute atomic E-state index is 0.736. The van der Waals surface area contributed by atoms with E-state index in [0.29, 0.717) is 0 Å². The first-order valence-electron chi connectivity index (χ1n) is 10.9. The highest BCUT2D eigenvalue weighted by molar-refractivity contribution is 4.99. The number of nitrogens with zero attached hydrogens (tertiary/aromatic N) is 4. The quantitative estimate of drug-likeness (QED) is 0.416. The number of likely N-dealkylation sites (tertiary alicyclic amines) is 2. The average Bonchev–Trinajstić information content (AvgIpc) is 3.27. The van der Waals surface area contributed by atoms with E-state index in [1.54, 1.807) is 7.11 Å². The lowest BCUT2D eigenvalue weighted by Gasteiger charge is -2.35. The summed E-state index contributed by atoms with van der Waals surface area (Å²) in [5.41, 5.74) is 0. The monoisotopic (exact) mass is 384 g/mol. The summed E-state index contributed by atoms with van der Waals surface area (Å²) in [4.78, 5) is 10.3. The molecule has 7 nitrogen and oxygen atoms in total. The Morgan fingerprint density at radius 2 is 1.22 bits per heavy atom. The molecule has 7 heteroatoms. The fourth-order valence-electron chi connectivity index (χ4n) is 4.64. The van der Waals surface area contributed by atoms with E-state index in [1.807, 2.05) is 0 Å². The molecule has 3 saturated heterocycles. The summed E-state index contributed by atoms with van der Waals surface area (Å²) in [6.45, 7) is 17.7.